The van der Waals surface area contributed by atoms with E-state index in [2.05, 4.69) is 17.2 Å². The van der Waals surface area contributed by atoms with Crippen LogP contribution in [0.15, 0.2) is 43.0 Å². The first-order valence-electron chi connectivity index (χ1n) is 8.39. The molecule has 4 N–H and O–H groups in total. The van der Waals surface area contributed by atoms with Gasteiger partial charge in [-0.1, -0.05) is 36.9 Å². The molecule has 8 heteroatoms. The zero-order chi connectivity index (χ0) is 18.2. The minimum atomic E-state index is -1.53. The Bertz CT molecular complexity index is 597. The second-order valence-corrected chi connectivity index (χ2v) is 6.07. The van der Waals surface area contributed by atoms with Gasteiger partial charge in [-0.3, -0.25) is 4.79 Å². The maximum absolute atomic E-state index is 12.2. The molecule has 25 heavy (non-hydrogen) atoms. The fourth-order valence-corrected chi connectivity index (χ4v) is 3.05. The fraction of sp³-hybridized carbons (Fsp3) is 0.412. The number of nitrogens with one attached hydrogen (secondary N) is 2. The molecule has 1 heterocycles. The van der Waals surface area contributed by atoms with Gasteiger partial charge in [-0.05, 0) is 24.5 Å². The molecule has 3 amide bonds. The van der Waals surface area contributed by atoms with Gasteiger partial charge in [0.25, 0.3) is 0 Å². The predicted molar refractivity (Wildman–Crippen MR) is 95.6 cm³/mol. The van der Waals surface area contributed by atoms with Crippen LogP contribution in [-0.2, 0) is 4.79 Å². The molecule has 0 saturated carbocycles. The number of amides is 3. The Morgan fingerprint density at radius 1 is 1.36 bits per heavy atom. The van der Waals surface area contributed by atoms with Crippen LogP contribution in [0.4, 0.5) is 4.79 Å². The summed E-state index contributed by atoms with van der Waals surface area (Å²) in [5.74, 6) is -0.129. The molecule has 0 aliphatic carbocycles. The van der Waals surface area contributed by atoms with Crippen molar-refractivity contribution in [3.05, 3.63) is 48.6 Å². The summed E-state index contributed by atoms with van der Waals surface area (Å²) in [5.41, 5.74) is 0.787. The van der Waals surface area contributed by atoms with Crippen LogP contribution in [0.3, 0.4) is 0 Å². The zero-order valence-corrected chi connectivity index (χ0v) is 14.1. The van der Waals surface area contributed by atoms with Crippen LogP contribution in [-0.4, -0.2) is 53.1 Å². The summed E-state index contributed by atoms with van der Waals surface area (Å²) in [6, 6.07) is 8.15. The number of hydrogen-bond acceptors (Lipinski definition) is 4. The molecular formula is C17H24BN3O4. The lowest BCUT2D eigenvalue weighted by molar-refractivity contribution is -0.126. The van der Waals surface area contributed by atoms with E-state index in [0.29, 0.717) is 13.1 Å². The van der Waals surface area contributed by atoms with E-state index in [9.17, 15) is 19.6 Å². The highest BCUT2D eigenvalue weighted by atomic mass is 16.4. The minimum absolute atomic E-state index is 0.0120. The molecule has 1 aromatic carbocycles. The monoisotopic (exact) mass is 345 g/mol. The highest BCUT2D eigenvalue weighted by Crippen LogP contribution is 2.19. The lowest BCUT2D eigenvalue weighted by Crippen LogP contribution is -2.46. The Kier molecular flexibility index (Phi) is 7.03. The van der Waals surface area contributed by atoms with Crippen molar-refractivity contribution in [2.24, 2.45) is 0 Å². The van der Waals surface area contributed by atoms with Gasteiger partial charge in [0.15, 0.2) is 0 Å². The fourth-order valence-electron chi connectivity index (χ4n) is 3.05. The van der Waals surface area contributed by atoms with Gasteiger partial charge in [0.1, 0.15) is 0 Å². The standard InChI is InChI=1S/C17H24BN3O4/c1-2-16(22)21-10-6-9-14(21)12-19-17(23)20-15(11-18(24)25)13-7-4-3-5-8-13/h2-5,7-8,14-15,24-25H,1,6,9-12H2,(H2,19,20,23)/t14-,15-/m1/s1. The smallest absolute Gasteiger partial charge is 0.427 e. The van der Waals surface area contributed by atoms with Gasteiger partial charge in [-0.25, -0.2) is 4.79 Å². The number of benzene rings is 1. The van der Waals surface area contributed by atoms with Crippen molar-refractivity contribution >= 4 is 19.1 Å². The third-order valence-electron chi connectivity index (χ3n) is 4.29. The van der Waals surface area contributed by atoms with Crippen molar-refractivity contribution in [2.45, 2.75) is 31.2 Å². The van der Waals surface area contributed by atoms with Gasteiger partial charge in [0.2, 0.25) is 5.91 Å². The Morgan fingerprint density at radius 2 is 2.08 bits per heavy atom. The molecule has 1 aliphatic heterocycles. The normalized spacial score (nSPS) is 17.7. The number of carbonyl (C=O) groups is 2. The molecule has 1 aliphatic rings. The van der Waals surface area contributed by atoms with E-state index in [1.54, 1.807) is 4.90 Å². The van der Waals surface area contributed by atoms with Crippen molar-refractivity contribution < 1.29 is 19.6 Å². The molecule has 7 nitrogen and oxygen atoms in total. The minimum Gasteiger partial charge on any atom is -0.427 e. The topological polar surface area (TPSA) is 102 Å². The molecule has 0 spiro atoms. The molecule has 0 unspecified atom stereocenters. The van der Waals surface area contributed by atoms with Gasteiger partial charge >= 0.3 is 13.1 Å². The van der Waals surface area contributed by atoms with E-state index in [1.807, 2.05) is 30.3 Å². The van der Waals surface area contributed by atoms with Crippen molar-refractivity contribution in [2.75, 3.05) is 13.1 Å². The molecular weight excluding hydrogens is 321 g/mol. The number of carbonyl (C=O) groups excluding carboxylic acids is 2. The first-order valence-corrected chi connectivity index (χ1v) is 8.39. The molecule has 0 bridgehead atoms. The number of urea groups is 1. The van der Waals surface area contributed by atoms with Crippen LogP contribution in [0, 0.1) is 0 Å². The van der Waals surface area contributed by atoms with Gasteiger partial charge < -0.3 is 25.6 Å². The highest BCUT2D eigenvalue weighted by molar-refractivity contribution is 6.41. The second kappa shape index (κ2) is 9.24. The van der Waals surface area contributed by atoms with Crippen molar-refractivity contribution in [3.8, 4) is 0 Å². The average molecular weight is 345 g/mol. The summed E-state index contributed by atoms with van der Waals surface area (Å²) in [5, 5.41) is 24.0. The molecule has 134 valence electrons. The number of nitrogens with zero attached hydrogens (tertiary/aromatic N) is 1. The van der Waals surface area contributed by atoms with Crippen LogP contribution in [0.25, 0.3) is 0 Å². The van der Waals surface area contributed by atoms with E-state index in [-0.39, 0.29) is 18.3 Å². The Hall–Kier alpha value is -2.32. The Labute approximate surface area is 147 Å². The summed E-state index contributed by atoms with van der Waals surface area (Å²) in [7, 11) is -1.53. The SMILES string of the molecule is C=CC(=O)N1CCC[C@@H]1CNC(=O)N[C@H](CB(O)O)c1ccccc1. The van der Waals surface area contributed by atoms with Gasteiger partial charge in [0, 0.05) is 25.5 Å². The van der Waals surface area contributed by atoms with E-state index >= 15 is 0 Å². The van der Waals surface area contributed by atoms with E-state index < -0.39 is 19.2 Å². The number of hydrogen-bond donors (Lipinski definition) is 4. The number of likely N-dealkylation sites (tertiary alicyclic amines) is 1. The van der Waals surface area contributed by atoms with Gasteiger partial charge in [-0.2, -0.15) is 0 Å². The van der Waals surface area contributed by atoms with Gasteiger partial charge in [-0.15, -0.1) is 0 Å². The largest absolute Gasteiger partial charge is 0.453 e. The van der Waals surface area contributed by atoms with Gasteiger partial charge in [0.05, 0.1) is 6.04 Å². The molecule has 0 radical (unpaired) electrons. The maximum atomic E-state index is 12.2. The predicted octanol–water partition coefficient (Wildman–Crippen LogP) is 0.677. The Balaban J connectivity index is 1.90. The lowest BCUT2D eigenvalue weighted by Gasteiger charge is -2.25. The number of rotatable bonds is 7. The van der Waals surface area contributed by atoms with Crippen LogP contribution in [0.1, 0.15) is 24.4 Å². The molecule has 1 aromatic rings. The first-order chi connectivity index (χ1) is 12.0. The van der Waals surface area contributed by atoms with Crippen molar-refractivity contribution in [1.29, 1.82) is 0 Å². The van der Waals surface area contributed by atoms with Crippen LogP contribution in [0.2, 0.25) is 6.32 Å². The molecule has 1 saturated heterocycles. The second-order valence-electron chi connectivity index (χ2n) is 6.07. The summed E-state index contributed by atoms with van der Waals surface area (Å²) in [6.45, 7) is 4.51. The molecule has 2 rings (SSSR count). The molecule has 0 aromatic heterocycles. The maximum Gasteiger partial charge on any atom is 0.453 e. The average Bonchev–Trinajstić information content (AvgIpc) is 3.07. The summed E-state index contributed by atoms with van der Waals surface area (Å²) >= 11 is 0. The van der Waals surface area contributed by atoms with E-state index in [4.69, 9.17) is 0 Å². The molecule has 2 atom stereocenters. The van der Waals surface area contributed by atoms with Crippen molar-refractivity contribution in [1.82, 2.24) is 15.5 Å². The highest BCUT2D eigenvalue weighted by Gasteiger charge is 2.28. The Morgan fingerprint density at radius 3 is 2.72 bits per heavy atom. The zero-order valence-electron chi connectivity index (χ0n) is 14.1. The van der Waals surface area contributed by atoms with Crippen LogP contribution in [0.5, 0.6) is 0 Å². The van der Waals surface area contributed by atoms with Crippen LogP contribution < -0.4 is 10.6 Å². The third kappa shape index (κ3) is 5.61. The lowest BCUT2D eigenvalue weighted by atomic mass is 9.79. The van der Waals surface area contributed by atoms with E-state index in [1.165, 1.54) is 6.08 Å². The molecule has 1 fully saturated rings. The van der Waals surface area contributed by atoms with E-state index in [0.717, 1.165) is 18.4 Å². The quantitative estimate of drug-likeness (QED) is 0.431. The summed E-state index contributed by atoms with van der Waals surface area (Å²) in [6.07, 6.45) is 3.00. The third-order valence-corrected chi connectivity index (χ3v) is 4.29. The van der Waals surface area contributed by atoms with Crippen molar-refractivity contribution in [3.63, 3.8) is 0 Å². The first kappa shape index (κ1) is 19.0. The van der Waals surface area contributed by atoms with Crippen LogP contribution >= 0.6 is 0 Å². The summed E-state index contributed by atoms with van der Waals surface area (Å²) in [4.78, 5) is 25.7. The summed E-state index contributed by atoms with van der Waals surface area (Å²) < 4.78 is 0.